The number of nitrogens with zero attached hydrogens (tertiary/aromatic N) is 4. The van der Waals surface area contributed by atoms with Gasteiger partial charge in [-0.2, -0.15) is 0 Å². The van der Waals surface area contributed by atoms with Crippen LogP contribution < -0.4 is 0 Å². The zero-order chi connectivity index (χ0) is 43.6. The maximum Gasteiger partial charge on any atom is 0.227 e. The van der Waals surface area contributed by atoms with Crippen molar-refractivity contribution in [3.05, 3.63) is 168 Å². The highest BCUT2D eigenvalue weighted by molar-refractivity contribution is 5.88. The van der Waals surface area contributed by atoms with Crippen LogP contribution in [0.3, 0.4) is 0 Å². The van der Waals surface area contributed by atoms with Crippen LogP contribution in [-0.4, -0.2) is 19.9 Å². The third-order valence-electron chi connectivity index (χ3n) is 12.3. The zero-order valence-corrected chi connectivity index (χ0v) is 37.1. The lowest BCUT2D eigenvalue weighted by atomic mass is 9.97. The summed E-state index contributed by atoms with van der Waals surface area (Å²) in [5.74, 6) is 1.30. The Balaban J connectivity index is 0.894. The number of aromatic nitrogens is 4. The van der Waals surface area contributed by atoms with Gasteiger partial charge in [0.25, 0.3) is 0 Å². The highest BCUT2D eigenvalue weighted by Crippen LogP contribution is 2.36. The molecule has 10 rings (SSSR count). The molecular formula is C58H52N4O2. The van der Waals surface area contributed by atoms with Crippen LogP contribution in [0.4, 0.5) is 0 Å². The van der Waals surface area contributed by atoms with Crippen molar-refractivity contribution in [2.45, 2.75) is 79.1 Å². The van der Waals surface area contributed by atoms with Crippen molar-refractivity contribution in [1.82, 2.24) is 19.9 Å². The summed E-state index contributed by atoms with van der Waals surface area (Å²) in [4.78, 5) is 20.2. The van der Waals surface area contributed by atoms with Crippen molar-refractivity contribution in [3.8, 4) is 67.7 Å². The van der Waals surface area contributed by atoms with E-state index in [0.717, 1.165) is 140 Å². The molecule has 0 saturated heterocycles. The Labute approximate surface area is 375 Å². The fourth-order valence-corrected chi connectivity index (χ4v) is 9.03. The van der Waals surface area contributed by atoms with Gasteiger partial charge < -0.3 is 8.83 Å². The molecule has 3 heterocycles. The van der Waals surface area contributed by atoms with Gasteiger partial charge in [0.05, 0.1) is 22.4 Å². The first-order chi connectivity index (χ1) is 31.5. The van der Waals surface area contributed by atoms with Gasteiger partial charge in [0.1, 0.15) is 11.0 Å². The van der Waals surface area contributed by atoms with Crippen LogP contribution in [0.5, 0.6) is 0 Å². The Morgan fingerprint density at radius 1 is 0.312 bits per heavy atom. The summed E-state index contributed by atoms with van der Waals surface area (Å²) in [6, 6.07) is 51.1. The Kier molecular flexibility index (Phi) is 11.4. The highest BCUT2D eigenvalue weighted by Gasteiger charge is 2.17. The second-order valence-electron chi connectivity index (χ2n) is 16.9. The molecule has 0 atom stereocenters. The van der Waals surface area contributed by atoms with Gasteiger partial charge in [-0.3, -0.25) is 0 Å². The van der Waals surface area contributed by atoms with E-state index in [1.807, 2.05) is 24.3 Å². The molecule has 3 aromatic heterocycles. The van der Waals surface area contributed by atoms with E-state index in [2.05, 4.69) is 149 Å². The molecule has 0 unspecified atom stereocenters. The van der Waals surface area contributed by atoms with Gasteiger partial charge in [0.15, 0.2) is 11.2 Å². The van der Waals surface area contributed by atoms with Crippen molar-refractivity contribution in [1.29, 1.82) is 0 Å². The average Bonchev–Trinajstić information content (AvgIpc) is 3.96. The van der Waals surface area contributed by atoms with Crippen molar-refractivity contribution in [3.63, 3.8) is 0 Å². The van der Waals surface area contributed by atoms with Crippen LogP contribution in [0.15, 0.2) is 154 Å². The van der Waals surface area contributed by atoms with E-state index in [1.165, 1.54) is 22.3 Å². The highest BCUT2D eigenvalue weighted by atomic mass is 16.4. The number of fused-ring (bicyclic) bond motifs is 3. The fourth-order valence-electron chi connectivity index (χ4n) is 9.03. The van der Waals surface area contributed by atoms with Crippen molar-refractivity contribution in [2.75, 3.05) is 0 Å². The third-order valence-corrected chi connectivity index (χ3v) is 12.3. The van der Waals surface area contributed by atoms with Gasteiger partial charge in [-0.15, -0.1) is 0 Å². The Bertz CT molecular complexity index is 2930. The first-order valence-electron chi connectivity index (χ1n) is 23.0. The van der Waals surface area contributed by atoms with Gasteiger partial charge in [-0.25, -0.2) is 19.9 Å². The van der Waals surface area contributed by atoms with Crippen LogP contribution in [0.25, 0.3) is 101 Å². The Morgan fingerprint density at radius 2 is 0.609 bits per heavy atom. The second-order valence-corrected chi connectivity index (χ2v) is 16.9. The number of rotatable bonds is 14. The van der Waals surface area contributed by atoms with Crippen molar-refractivity contribution in [2.24, 2.45) is 0 Å². The topological polar surface area (TPSA) is 77.8 Å². The molecule has 0 radical (unpaired) electrons. The fraction of sp³-hybridized carbons (Fsp3) is 0.207. The Morgan fingerprint density at radius 3 is 0.938 bits per heavy atom. The van der Waals surface area contributed by atoms with E-state index in [9.17, 15) is 0 Å². The van der Waals surface area contributed by atoms with Gasteiger partial charge in [-0.05, 0) is 131 Å². The summed E-state index contributed by atoms with van der Waals surface area (Å²) in [6.45, 7) is 8.90. The van der Waals surface area contributed by atoms with Gasteiger partial charge in [0, 0.05) is 22.3 Å². The summed E-state index contributed by atoms with van der Waals surface area (Å²) in [5.41, 5.74) is 20.9. The monoisotopic (exact) mass is 836 g/mol. The SMILES string of the molecule is CCCc1cc2nc(-c3ccc(-c4ccc(-c5nc6ccccc6nc5-c5ccc(-c6ccc(-c7nc8cc(CCC)c(CCC)cc8o7)cc6)cc5)cc4)cc3)oc2cc1CCC. The number of hydrogen-bond acceptors (Lipinski definition) is 6. The summed E-state index contributed by atoms with van der Waals surface area (Å²) >= 11 is 0. The van der Waals surface area contributed by atoms with E-state index < -0.39 is 0 Å². The molecule has 6 heteroatoms. The first-order valence-corrected chi connectivity index (χ1v) is 23.0. The third kappa shape index (κ3) is 8.12. The minimum Gasteiger partial charge on any atom is -0.436 e. The molecule has 0 aliphatic heterocycles. The van der Waals surface area contributed by atoms with E-state index in [-0.39, 0.29) is 0 Å². The maximum atomic E-state index is 6.31. The standard InChI is InChI=1S/C58H52N4O2/c1-5-11-45-33-51-53(35-47(45)13-7-3)63-57(61-51)43-29-21-39(22-30-43)37-17-25-41(26-18-37)55-56(60-50-16-10-9-15-49(50)59-55)42-27-19-38(20-28-42)40-23-31-44(32-24-40)58-62-52-34-46(12-6-2)48(14-8-4)36-54(52)64-58/h9-10,15-36H,5-8,11-14H2,1-4H3. The molecule has 10 aromatic rings. The number of oxazole rings is 2. The molecule has 7 aromatic carbocycles. The molecule has 0 bridgehead atoms. The molecule has 0 saturated carbocycles. The van der Waals surface area contributed by atoms with Crippen LogP contribution in [0, 0.1) is 0 Å². The quantitative estimate of drug-likeness (QED) is 0.109. The van der Waals surface area contributed by atoms with Gasteiger partial charge >= 0.3 is 0 Å². The average molecular weight is 837 g/mol. The maximum absolute atomic E-state index is 6.31. The first kappa shape index (κ1) is 40.9. The molecule has 0 spiro atoms. The molecule has 316 valence electrons. The minimum atomic E-state index is 0.652. The van der Waals surface area contributed by atoms with Gasteiger partial charge in [0.2, 0.25) is 11.8 Å². The van der Waals surface area contributed by atoms with E-state index >= 15 is 0 Å². The summed E-state index contributed by atoms with van der Waals surface area (Å²) in [5, 5.41) is 0. The summed E-state index contributed by atoms with van der Waals surface area (Å²) in [7, 11) is 0. The van der Waals surface area contributed by atoms with E-state index in [0.29, 0.717) is 11.8 Å². The lowest BCUT2D eigenvalue weighted by Crippen LogP contribution is -1.95. The summed E-state index contributed by atoms with van der Waals surface area (Å²) in [6.07, 6.45) is 8.67. The smallest absolute Gasteiger partial charge is 0.227 e. The molecule has 0 fully saturated rings. The largest absolute Gasteiger partial charge is 0.436 e. The van der Waals surface area contributed by atoms with Crippen LogP contribution >= 0.6 is 0 Å². The second kappa shape index (κ2) is 17.9. The predicted octanol–water partition coefficient (Wildman–Crippen LogP) is 15.7. The van der Waals surface area contributed by atoms with Crippen LogP contribution in [-0.2, 0) is 25.7 Å². The zero-order valence-electron chi connectivity index (χ0n) is 37.1. The predicted molar refractivity (Wildman–Crippen MR) is 263 cm³/mol. The van der Waals surface area contributed by atoms with Crippen molar-refractivity contribution < 1.29 is 8.83 Å². The molecular weight excluding hydrogens is 785 g/mol. The lowest BCUT2D eigenvalue weighted by molar-refractivity contribution is 0.618. The Hall–Kier alpha value is -7.18. The number of para-hydroxylation sites is 2. The molecule has 0 aliphatic carbocycles. The van der Waals surface area contributed by atoms with Crippen LogP contribution in [0.1, 0.15) is 75.6 Å². The van der Waals surface area contributed by atoms with E-state index in [4.69, 9.17) is 28.8 Å². The van der Waals surface area contributed by atoms with Crippen LogP contribution in [0.2, 0.25) is 0 Å². The molecule has 6 nitrogen and oxygen atoms in total. The molecule has 0 aliphatic rings. The normalized spacial score (nSPS) is 11.6. The lowest BCUT2D eigenvalue weighted by Gasteiger charge is -2.12. The summed E-state index contributed by atoms with van der Waals surface area (Å²) < 4.78 is 12.6. The number of aryl methyl sites for hydroxylation is 4. The van der Waals surface area contributed by atoms with Gasteiger partial charge in [-0.1, -0.05) is 138 Å². The number of benzene rings is 7. The van der Waals surface area contributed by atoms with E-state index in [1.54, 1.807) is 0 Å². The molecule has 0 N–H and O–H groups in total. The number of hydrogen-bond donors (Lipinski definition) is 0. The minimum absolute atomic E-state index is 0.652. The van der Waals surface area contributed by atoms with Crippen molar-refractivity contribution >= 4 is 33.2 Å². The molecule has 64 heavy (non-hydrogen) atoms. The molecule has 0 amide bonds.